The van der Waals surface area contributed by atoms with E-state index in [-0.39, 0.29) is 6.04 Å². The lowest BCUT2D eigenvalue weighted by Gasteiger charge is -2.29. The molecule has 3 aromatic rings. The van der Waals surface area contributed by atoms with Gasteiger partial charge in [0.05, 0.1) is 19.2 Å². The molecule has 0 amide bonds. The Bertz CT molecular complexity index is 997. The van der Waals surface area contributed by atoms with Gasteiger partial charge in [0.15, 0.2) is 0 Å². The van der Waals surface area contributed by atoms with Gasteiger partial charge >= 0.3 is 0 Å². The third kappa shape index (κ3) is 7.43. The minimum absolute atomic E-state index is 0.136. The Labute approximate surface area is 216 Å². The molecule has 7 heteroatoms. The Kier molecular flexibility index (Phi) is 9.99. The quantitative estimate of drug-likeness (QED) is 0.265. The van der Waals surface area contributed by atoms with Crippen LogP contribution in [-0.4, -0.2) is 56.0 Å². The Balaban J connectivity index is 1.31. The molecule has 0 saturated heterocycles. The normalized spacial score (nSPS) is 16.3. The van der Waals surface area contributed by atoms with Crippen molar-refractivity contribution in [3.8, 4) is 5.75 Å². The molecule has 1 aromatic carbocycles. The molecule has 2 N–H and O–H groups in total. The fourth-order valence-corrected chi connectivity index (χ4v) is 5.32. The van der Waals surface area contributed by atoms with Crippen LogP contribution in [0.25, 0.3) is 0 Å². The molecule has 36 heavy (non-hydrogen) atoms. The number of H-pyrrole nitrogens is 2. The Morgan fingerprint density at radius 3 is 2.53 bits per heavy atom. The maximum Gasteiger partial charge on any atom is 0.123 e. The summed E-state index contributed by atoms with van der Waals surface area (Å²) in [4.78, 5) is 20.4. The Morgan fingerprint density at radius 2 is 1.81 bits per heavy atom. The highest BCUT2D eigenvalue weighted by molar-refractivity contribution is 5.39. The smallest absolute Gasteiger partial charge is 0.123 e. The number of ether oxygens (including phenoxy) is 1. The third-order valence-electron chi connectivity index (χ3n) is 7.29. The van der Waals surface area contributed by atoms with E-state index in [1.54, 1.807) is 6.20 Å². The Hall–Kier alpha value is -2.64. The second-order valence-electron chi connectivity index (χ2n) is 10.3. The van der Waals surface area contributed by atoms with Gasteiger partial charge in [0, 0.05) is 31.3 Å². The molecule has 2 unspecified atom stereocenters. The van der Waals surface area contributed by atoms with E-state index in [1.807, 2.05) is 18.6 Å². The highest BCUT2D eigenvalue weighted by atomic mass is 16.5. The van der Waals surface area contributed by atoms with Crippen molar-refractivity contribution in [2.75, 3.05) is 26.2 Å². The molecule has 7 nitrogen and oxygen atoms in total. The summed E-state index contributed by atoms with van der Waals surface area (Å²) in [7, 11) is 0. The summed E-state index contributed by atoms with van der Waals surface area (Å²) in [6, 6.07) is 6.92. The van der Waals surface area contributed by atoms with Crippen molar-refractivity contribution in [1.29, 1.82) is 0 Å². The highest BCUT2D eigenvalue weighted by Gasteiger charge is 2.23. The van der Waals surface area contributed by atoms with E-state index in [0.29, 0.717) is 5.92 Å². The molecule has 0 bridgehead atoms. The topological polar surface area (TPSA) is 73.1 Å². The molecule has 0 fully saturated rings. The van der Waals surface area contributed by atoms with Crippen LogP contribution < -0.4 is 4.74 Å². The number of nitrogens with one attached hydrogen (secondary N) is 2. The number of aromatic nitrogens is 4. The maximum atomic E-state index is 6.29. The van der Waals surface area contributed by atoms with E-state index in [9.17, 15) is 0 Å². The van der Waals surface area contributed by atoms with E-state index >= 15 is 0 Å². The number of unbranched alkanes of at least 4 members (excludes halogenated alkanes) is 1. The average molecular weight is 493 g/mol. The molecule has 0 aliphatic carbocycles. The van der Waals surface area contributed by atoms with E-state index in [0.717, 1.165) is 43.5 Å². The lowest BCUT2D eigenvalue weighted by atomic mass is 9.91. The molecule has 1 aliphatic rings. The number of hydrogen-bond donors (Lipinski definition) is 2. The molecular weight excluding hydrogens is 448 g/mol. The largest absolute Gasteiger partial charge is 0.493 e. The van der Waals surface area contributed by atoms with E-state index in [4.69, 9.17) is 4.74 Å². The van der Waals surface area contributed by atoms with Gasteiger partial charge in [0.1, 0.15) is 17.4 Å². The van der Waals surface area contributed by atoms with E-state index < -0.39 is 0 Å². The maximum absolute atomic E-state index is 6.29. The SMILES string of the molecule is CCCN(CCC)CCCCC1COc2cc(CN(Cc3ncc[nH]3)C(C)c3ncc[nH]3)ccc2C1. The molecule has 196 valence electrons. The number of nitrogens with zero attached hydrogens (tertiary/aromatic N) is 4. The first-order chi connectivity index (χ1) is 17.7. The van der Waals surface area contributed by atoms with Gasteiger partial charge in [-0.3, -0.25) is 4.90 Å². The lowest BCUT2D eigenvalue weighted by molar-refractivity contribution is 0.179. The van der Waals surface area contributed by atoms with Crippen molar-refractivity contribution < 1.29 is 4.74 Å². The monoisotopic (exact) mass is 492 g/mol. The average Bonchev–Trinajstić information content (AvgIpc) is 3.61. The van der Waals surface area contributed by atoms with Crippen LogP contribution in [-0.2, 0) is 19.5 Å². The summed E-state index contributed by atoms with van der Waals surface area (Å²) in [6.07, 6.45) is 14.8. The first-order valence-electron chi connectivity index (χ1n) is 13.8. The van der Waals surface area contributed by atoms with Crippen molar-refractivity contribution >= 4 is 0 Å². The third-order valence-corrected chi connectivity index (χ3v) is 7.29. The first-order valence-corrected chi connectivity index (χ1v) is 13.8. The predicted molar refractivity (Wildman–Crippen MR) is 145 cm³/mol. The fourth-order valence-electron chi connectivity index (χ4n) is 5.32. The molecule has 0 radical (unpaired) electrons. The summed E-state index contributed by atoms with van der Waals surface area (Å²) >= 11 is 0. The van der Waals surface area contributed by atoms with Gasteiger partial charge in [-0.2, -0.15) is 0 Å². The van der Waals surface area contributed by atoms with Crippen LogP contribution in [0, 0.1) is 5.92 Å². The Morgan fingerprint density at radius 1 is 1.00 bits per heavy atom. The van der Waals surface area contributed by atoms with E-state index in [2.05, 4.69) is 68.7 Å². The van der Waals surface area contributed by atoms with Crippen LogP contribution in [0.2, 0.25) is 0 Å². The molecule has 0 saturated carbocycles. The zero-order chi connectivity index (χ0) is 25.2. The standard InChI is InChI=1S/C29H44N6O/c1-4-15-34(16-5-2)17-7-6-8-25-18-26-10-9-24(19-27(26)36-22-25)20-35(21-28-30-11-12-31-28)23(3)29-32-13-14-33-29/h9-14,19,23,25H,4-8,15-18,20-22H2,1-3H3,(H,30,31)(H,32,33). The van der Waals surface area contributed by atoms with Gasteiger partial charge in [-0.15, -0.1) is 0 Å². The van der Waals surface area contributed by atoms with Gasteiger partial charge in [-0.05, 0) is 81.8 Å². The van der Waals surface area contributed by atoms with Crippen molar-refractivity contribution in [3.63, 3.8) is 0 Å². The van der Waals surface area contributed by atoms with Gasteiger partial charge in [-0.1, -0.05) is 32.4 Å². The van der Waals surface area contributed by atoms with Crippen LogP contribution in [0.15, 0.2) is 43.0 Å². The van der Waals surface area contributed by atoms with Gasteiger partial charge in [0.2, 0.25) is 0 Å². The van der Waals surface area contributed by atoms with Crippen molar-refractivity contribution in [3.05, 3.63) is 65.8 Å². The lowest BCUT2D eigenvalue weighted by Crippen LogP contribution is -2.28. The van der Waals surface area contributed by atoms with Crippen LogP contribution in [0.5, 0.6) is 5.75 Å². The van der Waals surface area contributed by atoms with Crippen molar-refractivity contribution in [1.82, 2.24) is 29.7 Å². The number of rotatable bonds is 15. The molecule has 0 spiro atoms. The number of imidazole rings is 2. The number of aromatic amines is 2. The molecule has 1 aliphatic heterocycles. The second-order valence-corrected chi connectivity index (χ2v) is 10.3. The zero-order valence-corrected chi connectivity index (χ0v) is 22.4. The van der Waals surface area contributed by atoms with Crippen molar-refractivity contribution in [2.45, 2.75) is 78.4 Å². The van der Waals surface area contributed by atoms with Crippen LogP contribution in [0.3, 0.4) is 0 Å². The number of hydrogen-bond acceptors (Lipinski definition) is 5. The van der Waals surface area contributed by atoms with Crippen LogP contribution in [0.4, 0.5) is 0 Å². The molecule has 3 heterocycles. The minimum atomic E-state index is 0.136. The van der Waals surface area contributed by atoms with E-state index in [1.165, 1.54) is 62.9 Å². The molecular formula is C29H44N6O. The summed E-state index contributed by atoms with van der Waals surface area (Å²) in [6.45, 7) is 12.8. The minimum Gasteiger partial charge on any atom is -0.493 e. The fraction of sp³-hybridized carbons (Fsp3) is 0.586. The highest BCUT2D eigenvalue weighted by Crippen LogP contribution is 2.32. The zero-order valence-electron chi connectivity index (χ0n) is 22.4. The number of benzene rings is 1. The first kappa shape index (κ1) is 26.4. The van der Waals surface area contributed by atoms with Gasteiger partial charge in [-0.25, -0.2) is 9.97 Å². The molecule has 2 aromatic heterocycles. The van der Waals surface area contributed by atoms with Crippen LogP contribution in [0.1, 0.15) is 81.7 Å². The molecule has 2 atom stereocenters. The summed E-state index contributed by atoms with van der Waals surface area (Å²) in [5.74, 6) is 3.61. The predicted octanol–water partition coefficient (Wildman–Crippen LogP) is 5.74. The summed E-state index contributed by atoms with van der Waals surface area (Å²) in [5, 5.41) is 0. The summed E-state index contributed by atoms with van der Waals surface area (Å²) in [5.41, 5.74) is 2.61. The van der Waals surface area contributed by atoms with Gasteiger partial charge in [0.25, 0.3) is 0 Å². The van der Waals surface area contributed by atoms with Gasteiger partial charge < -0.3 is 19.6 Å². The molecule has 4 rings (SSSR count). The summed E-state index contributed by atoms with van der Waals surface area (Å²) < 4.78 is 6.29. The number of fused-ring (bicyclic) bond motifs is 1. The van der Waals surface area contributed by atoms with Crippen LogP contribution >= 0.6 is 0 Å². The van der Waals surface area contributed by atoms with Crippen molar-refractivity contribution in [2.24, 2.45) is 5.92 Å². The second kappa shape index (κ2) is 13.6.